The van der Waals surface area contributed by atoms with E-state index in [0.717, 1.165) is 13.0 Å². The molecule has 1 N–H and O–H groups in total. The Hall–Kier alpha value is -0.0800. The SMILES string of the molecule is COC(C)CCCNC(C)(C)C. The maximum absolute atomic E-state index is 5.15. The van der Waals surface area contributed by atoms with E-state index >= 15 is 0 Å². The van der Waals surface area contributed by atoms with Crippen LogP contribution in [0.5, 0.6) is 0 Å². The Morgan fingerprint density at radius 3 is 2.33 bits per heavy atom. The molecule has 12 heavy (non-hydrogen) atoms. The summed E-state index contributed by atoms with van der Waals surface area (Å²) >= 11 is 0. The monoisotopic (exact) mass is 173 g/mol. The van der Waals surface area contributed by atoms with Crippen LogP contribution >= 0.6 is 0 Å². The molecule has 0 saturated heterocycles. The van der Waals surface area contributed by atoms with Gasteiger partial charge in [0.15, 0.2) is 0 Å². The van der Waals surface area contributed by atoms with Gasteiger partial charge in [0.25, 0.3) is 0 Å². The van der Waals surface area contributed by atoms with E-state index in [9.17, 15) is 0 Å². The molecular formula is C10H23NO. The molecule has 0 fully saturated rings. The Morgan fingerprint density at radius 1 is 1.33 bits per heavy atom. The highest BCUT2D eigenvalue weighted by atomic mass is 16.5. The number of hydrogen-bond donors (Lipinski definition) is 1. The third-order valence-electron chi connectivity index (χ3n) is 1.85. The Labute approximate surface area is 76.7 Å². The van der Waals surface area contributed by atoms with Gasteiger partial charge in [-0.1, -0.05) is 0 Å². The third-order valence-corrected chi connectivity index (χ3v) is 1.85. The van der Waals surface area contributed by atoms with Crippen LogP contribution in [0.3, 0.4) is 0 Å². The van der Waals surface area contributed by atoms with Gasteiger partial charge in [-0.25, -0.2) is 0 Å². The average Bonchev–Trinajstić information content (AvgIpc) is 1.96. The van der Waals surface area contributed by atoms with Gasteiger partial charge in [0.05, 0.1) is 6.10 Å². The van der Waals surface area contributed by atoms with E-state index in [0.29, 0.717) is 6.10 Å². The summed E-state index contributed by atoms with van der Waals surface area (Å²) in [5.41, 5.74) is 0.246. The molecule has 1 atom stereocenters. The summed E-state index contributed by atoms with van der Waals surface area (Å²) in [6, 6.07) is 0. The zero-order valence-electron chi connectivity index (χ0n) is 9.11. The third kappa shape index (κ3) is 8.02. The molecule has 0 rings (SSSR count). The van der Waals surface area contributed by atoms with Crippen molar-refractivity contribution >= 4 is 0 Å². The summed E-state index contributed by atoms with van der Waals surface area (Å²) in [7, 11) is 1.77. The first-order valence-electron chi connectivity index (χ1n) is 4.73. The molecule has 0 amide bonds. The van der Waals surface area contributed by atoms with Crippen molar-refractivity contribution in [2.24, 2.45) is 0 Å². The largest absolute Gasteiger partial charge is 0.382 e. The second-order valence-electron chi connectivity index (χ2n) is 4.37. The Balaban J connectivity index is 3.22. The van der Waals surface area contributed by atoms with Crippen LogP contribution < -0.4 is 5.32 Å². The van der Waals surface area contributed by atoms with E-state index in [1.165, 1.54) is 6.42 Å². The van der Waals surface area contributed by atoms with Crippen LogP contribution in [0.1, 0.15) is 40.5 Å². The normalized spacial score (nSPS) is 14.8. The summed E-state index contributed by atoms with van der Waals surface area (Å²) < 4.78 is 5.15. The summed E-state index contributed by atoms with van der Waals surface area (Å²) in [6.07, 6.45) is 2.72. The van der Waals surface area contributed by atoms with Gasteiger partial charge in [-0.2, -0.15) is 0 Å². The fraction of sp³-hybridized carbons (Fsp3) is 1.00. The molecule has 1 unspecified atom stereocenters. The Bertz CT molecular complexity index is 107. The number of ether oxygens (including phenoxy) is 1. The van der Waals surface area contributed by atoms with Gasteiger partial charge in [0, 0.05) is 12.6 Å². The molecule has 2 heteroatoms. The Morgan fingerprint density at radius 2 is 1.92 bits per heavy atom. The summed E-state index contributed by atoms with van der Waals surface area (Å²) in [5, 5.41) is 3.45. The van der Waals surface area contributed by atoms with Crippen LogP contribution in [0.25, 0.3) is 0 Å². The number of hydrogen-bond acceptors (Lipinski definition) is 2. The molecule has 0 aromatic heterocycles. The van der Waals surface area contributed by atoms with Gasteiger partial charge in [-0.15, -0.1) is 0 Å². The molecule has 0 aromatic carbocycles. The van der Waals surface area contributed by atoms with Crippen LogP contribution in [-0.2, 0) is 4.74 Å². The molecular weight excluding hydrogens is 150 g/mol. The van der Waals surface area contributed by atoms with Crippen molar-refractivity contribution < 1.29 is 4.74 Å². The van der Waals surface area contributed by atoms with E-state index in [4.69, 9.17) is 4.74 Å². The summed E-state index contributed by atoms with van der Waals surface area (Å²) in [5.74, 6) is 0. The van der Waals surface area contributed by atoms with Crippen molar-refractivity contribution in [1.82, 2.24) is 5.32 Å². The molecule has 0 aliphatic heterocycles. The van der Waals surface area contributed by atoms with Crippen molar-refractivity contribution in [1.29, 1.82) is 0 Å². The molecule has 0 bridgehead atoms. The van der Waals surface area contributed by atoms with Gasteiger partial charge in [-0.05, 0) is 47.1 Å². The highest BCUT2D eigenvalue weighted by molar-refractivity contribution is 4.69. The number of rotatable bonds is 5. The van der Waals surface area contributed by atoms with Gasteiger partial charge in [-0.3, -0.25) is 0 Å². The first-order chi connectivity index (χ1) is 5.45. The van der Waals surface area contributed by atoms with E-state index in [1.54, 1.807) is 7.11 Å². The molecule has 0 aliphatic carbocycles. The maximum atomic E-state index is 5.15. The standard InChI is InChI=1S/C10H23NO/c1-9(12-5)7-6-8-11-10(2,3)4/h9,11H,6-8H2,1-5H3. The lowest BCUT2D eigenvalue weighted by atomic mass is 10.1. The molecule has 0 aromatic rings. The highest BCUT2D eigenvalue weighted by Gasteiger charge is 2.07. The fourth-order valence-electron chi connectivity index (χ4n) is 0.971. The zero-order chi connectivity index (χ0) is 9.61. The minimum atomic E-state index is 0.246. The van der Waals surface area contributed by atoms with E-state index in [-0.39, 0.29) is 5.54 Å². The van der Waals surface area contributed by atoms with Crippen LogP contribution in [0, 0.1) is 0 Å². The van der Waals surface area contributed by atoms with Crippen molar-refractivity contribution in [2.45, 2.75) is 52.2 Å². The van der Waals surface area contributed by atoms with Gasteiger partial charge in [0.1, 0.15) is 0 Å². The Kier molecular flexibility index (Phi) is 5.51. The average molecular weight is 173 g/mol. The van der Waals surface area contributed by atoms with Crippen LogP contribution in [0.15, 0.2) is 0 Å². The van der Waals surface area contributed by atoms with Crippen LogP contribution in [0.4, 0.5) is 0 Å². The van der Waals surface area contributed by atoms with Gasteiger partial charge < -0.3 is 10.1 Å². The highest BCUT2D eigenvalue weighted by Crippen LogP contribution is 2.02. The lowest BCUT2D eigenvalue weighted by molar-refractivity contribution is 0.108. The van der Waals surface area contributed by atoms with Crippen LogP contribution in [-0.4, -0.2) is 25.3 Å². The zero-order valence-corrected chi connectivity index (χ0v) is 9.11. The lowest BCUT2D eigenvalue weighted by Crippen LogP contribution is -2.36. The number of nitrogens with one attached hydrogen (secondary N) is 1. The van der Waals surface area contributed by atoms with Crippen molar-refractivity contribution in [3.05, 3.63) is 0 Å². The van der Waals surface area contributed by atoms with Gasteiger partial charge in [0.2, 0.25) is 0 Å². The second kappa shape index (κ2) is 5.55. The summed E-state index contributed by atoms with van der Waals surface area (Å²) in [4.78, 5) is 0. The molecule has 74 valence electrons. The van der Waals surface area contributed by atoms with E-state index in [2.05, 4.69) is 33.0 Å². The quantitative estimate of drug-likeness (QED) is 0.643. The molecule has 0 saturated carbocycles. The van der Waals surface area contributed by atoms with E-state index < -0.39 is 0 Å². The second-order valence-corrected chi connectivity index (χ2v) is 4.37. The van der Waals surface area contributed by atoms with Crippen molar-refractivity contribution in [3.8, 4) is 0 Å². The predicted molar refractivity (Wildman–Crippen MR) is 53.5 cm³/mol. The van der Waals surface area contributed by atoms with Crippen molar-refractivity contribution in [2.75, 3.05) is 13.7 Å². The predicted octanol–water partition coefficient (Wildman–Crippen LogP) is 2.19. The number of methoxy groups -OCH3 is 1. The molecule has 0 radical (unpaired) electrons. The molecule has 2 nitrogen and oxygen atoms in total. The lowest BCUT2D eigenvalue weighted by Gasteiger charge is -2.20. The van der Waals surface area contributed by atoms with Crippen molar-refractivity contribution in [3.63, 3.8) is 0 Å². The molecule has 0 aliphatic rings. The molecule has 0 heterocycles. The topological polar surface area (TPSA) is 21.3 Å². The first kappa shape index (κ1) is 11.9. The molecule has 0 spiro atoms. The first-order valence-corrected chi connectivity index (χ1v) is 4.73. The minimum Gasteiger partial charge on any atom is -0.382 e. The van der Waals surface area contributed by atoms with Crippen LogP contribution in [0.2, 0.25) is 0 Å². The maximum Gasteiger partial charge on any atom is 0.0543 e. The summed E-state index contributed by atoms with van der Waals surface area (Å²) in [6.45, 7) is 9.75. The smallest absolute Gasteiger partial charge is 0.0543 e. The minimum absolute atomic E-state index is 0.246. The van der Waals surface area contributed by atoms with E-state index in [1.807, 2.05) is 0 Å². The fourth-order valence-corrected chi connectivity index (χ4v) is 0.971. The van der Waals surface area contributed by atoms with Gasteiger partial charge >= 0.3 is 0 Å².